The Hall–Kier alpha value is -2.05. The van der Waals surface area contributed by atoms with Crippen LogP contribution in [0.2, 0.25) is 0 Å². The van der Waals surface area contributed by atoms with E-state index in [4.69, 9.17) is 14.3 Å². The highest BCUT2D eigenvalue weighted by Crippen LogP contribution is 2.36. The summed E-state index contributed by atoms with van der Waals surface area (Å²) in [4.78, 5) is 17.4. The van der Waals surface area contributed by atoms with E-state index in [1.54, 1.807) is 12.1 Å². The molecule has 5 nitrogen and oxygen atoms in total. The Morgan fingerprint density at radius 3 is 2.61 bits per heavy atom. The van der Waals surface area contributed by atoms with Crippen LogP contribution in [0.5, 0.6) is 11.5 Å². The fraction of sp³-hybridized carbons (Fsp3) is 0.235. The molecule has 0 bridgehead atoms. The SMILES string of the molecule is CCOc1c(Br)cc(C(=O)NOCc2ccccc2)cc1OC. The lowest BCUT2D eigenvalue weighted by molar-refractivity contribution is 0.0233. The highest BCUT2D eigenvalue weighted by Gasteiger charge is 2.15. The lowest BCUT2D eigenvalue weighted by Gasteiger charge is -2.13. The normalized spacial score (nSPS) is 10.2. The van der Waals surface area contributed by atoms with Crippen molar-refractivity contribution in [3.63, 3.8) is 0 Å². The van der Waals surface area contributed by atoms with Gasteiger partial charge in [-0.15, -0.1) is 0 Å². The summed E-state index contributed by atoms with van der Waals surface area (Å²) in [6.45, 7) is 2.67. The van der Waals surface area contributed by atoms with Gasteiger partial charge in [0, 0.05) is 5.56 Å². The molecule has 1 N–H and O–H groups in total. The van der Waals surface area contributed by atoms with Crippen LogP contribution in [0.25, 0.3) is 0 Å². The van der Waals surface area contributed by atoms with E-state index in [-0.39, 0.29) is 5.91 Å². The van der Waals surface area contributed by atoms with Crippen molar-refractivity contribution in [3.05, 3.63) is 58.1 Å². The second-order valence-electron chi connectivity index (χ2n) is 4.63. The molecule has 0 aromatic heterocycles. The van der Waals surface area contributed by atoms with Gasteiger partial charge in [-0.25, -0.2) is 5.48 Å². The third kappa shape index (κ3) is 4.71. The van der Waals surface area contributed by atoms with Crippen LogP contribution in [-0.2, 0) is 11.4 Å². The van der Waals surface area contributed by atoms with E-state index < -0.39 is 0 Å². The summed E-state index contributed by atoms with van der Waals surface area (Å²) in [5.41, 5.74) is 3.80. The van der Waals surface area contributed by atoms with Gasteiger partial charge in [0.25, 0.3) is 5.91 Å². The molecular weight excluding hydrogens is 362 g/mol. The molecule has 1 amide bonds. The summed E-state index contributed by atoms with van der Waals surface area (Å²) in [5.74, 6) is 0.689. The van der Waals surface area contributed by atoms with Crippen molar-refractivity contribution in [2.75, 3.05) is 13.7 Å². The average molecular weight is 380 g/mol. The Labute approximate surface area is 143 Å². The van der Waals surface area contributed by atoms with Gasteiger partial charge in [-0.3, -0.25) is 9.63 Å². The zero-order chi connectivity index (χ0) is 16.7. The van der Waals surface area contributed by atoms with E-state index in [1.807, 2.05) is 37.3 Å². The first-order chi connectivity index (χ1) is 11.2. The summed E-state index contributed by atoms with van der Waals surface area (Å²) in [6, 6.07) is 12.9. The van der Waals surface area contributed by atoms with Crippen molar-refractivity contribution in [3.8, 4) is 11.5 Å². The first kappa shape index (κ1) is 17.3. The molecule has 0 fully saturated rings. The van der Waals surface area contributed by atoms with E-state index in [0.717, 1.165) is 5.56 Å². The highest BCUT2D eigenvalue weighted by molar-refractivity contribution is 9.10. The highest BCUT2D eigenvalue weighted by atomic mass is 79.9. The van der Waals surface area contributed by atoms with Crippen molar-refractivity contribution in [2.24, 2.45) is 0 Å². The van der Waals surface area contributed by atoms with Crippen LogP contribution in [0.4, 0.5) is 0 Å². The van der Waals surface area contributed by atoms with Gasteiger partial charge in [0.2, 0.25) is 0 Å². The predicted molar refractivity (Wildman–Crippen MR) is 90.6 cm³/mol. The van der Waals surface area contributed by atoms with Crippen molar-refractivity contribution in [2.45, 2.75) is 13.5 Å². The van der Waals surface area contributed by atoms with Crippen LogP contribution in [0.15, 0.2) is 46.9 Å². The smallest absolute Gasteiger partial charge is 0.275 e. The van der Waals surface area contributed by atoms with E-state index in [1.165, 1.54) is 7.11 Å². The van der Waals surface area contributed by atoms with Gasteiger partial charge in [-0.05, 0) is 40.5 Å². The molecule has 6 heteroatoms. The number of hydroxylamine groups is 1. The number of ether oxygens (including phenoxy) is 2. The Morgan fingerprint density at radius 2 is 1.96 bits per heavy atom. The molecule has 122 valence electrons. The summed E-state index contributed by atoms with van der Waals surface area (Å²) >= 11 is 3.39. The average Bonchev–Trinajstić information content (AvgIpc) is 2.57. The minimum atomic E-state index is -0.358. The summed E-state index contributed by atoms with van der Waals surface area (Å²) < 4.78 is 11.4. The van der Waals surface area contributed by atoms with Gasteiger partial charge in [-0.1, -0.05) is 30.3 Å². The molecule has 23 heavy (non-hydrogen) atoms. The molecule has 0 aliphatic rings. The van der Waals surface area contributed by atoms with Crippen LogP contribution in [0.1, 0.15) is 22.8 Å². The quantitative estimate of drug-likeness (QED) is 0.744. The Bertz CT molecular complexity index is 661. The molecule has 0 atom stereocenters. The number of methoxy groups -OCH3 is 1. The number of nitrogens with one attached hydrogen (secondary N) is 1. The van der Waals surface area contributed by atoms with Crippen LogP contribution in [0.3, 0.4) is 0 Å². The first-order valence-corrected chi connectivity index (χ1v) is 7.91. The number of halogens is 1. The molecule has 0 aliphatic heterocycles. The fourth-order valence-corrected chi connectivity index (χ4v) is 2.51. The standard InChI is InChI=1S/C17H18BrNO4/c1-3-22-16-14(18)9-13(10-15(16)21-2)17(20)19-23-11-12-7-5-4-6-8-12/h4-10H,3,11H2,1-2H3,(H,19,20). The lowest BCUT2D eigenvalue weighted by atomic mass is 10.2. The molecule has 0 spiro atoms. The molecule has 2 rings (SSSR count). The molecule has 2 aromatic carbocycles. The largest absolute Gasteiger partial charge is 0.493 e. The molecule has 0 saturated carbocycles. The van der Waals surface area contributed by atoms with Crippen molar-refractivity contribution in [1.82, 2.24) is 5.48 Å². The molecule has 0 unspecified atom stereocenters. The fourth-order valence-electron chi connectivity index (χ4n) is 1.95. The van der Waals surface area contributed by atoms with Crippen molar-refractivity contribution in [1.29, 1.82) is 0 Å². The van der Waals surface area contributed by atoms with Crippen molar-refractivity contribution < 1.29 is 19.1 Å². The topological polar surface area (TPSA) is 56.8 Å². The summed E-state index contributed by atoms with van der Waals surface area (Å²) in [6.07, 6.45) is 0. The zero-order valence-corrected chi connectivity index (χ0v) is 14.6. The van der Waals surface area contributed by atoms with Gasteiger partial charge in [0.1, 0.15) is 0 Å². The number of carbonyl (C=O) groups is 1. The van der Waals surface area contributed by atoms with Crippen molar-refractivity contribution >= 4 is 21.8 Å². The van der Waals surface area contributed by atoms with Gasteiger partial charge in [0.15, 0.2) is 11.5 Å². The predicted octanol–water partition coefficient (Wildman–Crippen LogP) is 3.72. The first-order valence-electron chi connectivity index (χ1n) is 7.12. The van der Waals surface area contributed by atoms with E-state index in [2.05, 4.69) is 21.4 Å². The second-order valence-corrected chi connectivity index (χ2v) is 5.48. The number of rotatable bonds is 7. The Balaban J connectivity index is 2.03. The number of carbonyl (C=O) groups excluding carboxylic acids is 1. The Morgan fingerprint density at radius 1 is 1.22 bits per heavy atom. The third-order valence-corrected chi connectivity index (χ3v) is 3.62. The molecule has 0 radical (unpaired) electrons. The minimum absolute atomic E-state index is 0.294. The molecule has 0 heterocycles. The number of hydrogen-bond acceptors (Lipinski definition) is 4. The number of hydrogen-bond donors (Lipinski definition) is 1. The lowest BCUT2D eigenvalue weighted by Crippen LogP contribution is -2.23. The summed E-state index contributed by atoms with van der Waals surface area (Å²) in [5, 5.41) is 0. The van der Waals surface area contributed by atoms with E-state index in [9.17, 15) is 4.79 Å². The van der Waals surface area contributed by atoms with Gasteiger partial charge in [0.05, 0.1) is 24.8 Å². The monoisotopic (exact) mass is 379 g/mol. The number of amides is 1. The maximum atomic E-state index is 12.2. The third-order valence-electron chi connectivity index (χ3n) is 3.03. The number of benzene rings is 2. The Kier molecular flexibility index (Phi) is 6.43. The zero-order valence-electron chi connectivity index (χ0n) is 13.0. The van der Waals surface area contributed by atoms with Crippen LogP contribution < -0.4 is 15.0 Å². The van der Waals surface area contributed by atoms with Gasteiger partial charge < -0.3 is 9.47 Å². The maximum Gasteiger partial charge on any atom is 0.275 e. The molecule has 2 aromatic rings. The van der Waals surface area contributed by atoms with Crippen LogP contribution >= 0.6 is 15.9 Å². The maximum absolute atomic E-state index is 12.2. The molecular formula is C17H18BrNO4. The minimum Gasteiger partial charge on any atom is -0.493 e. The second kappa shape index (κ2) is 8.55. The van der Waals surface area contributed by atoms with Crippen LogP contribution in [-0.4, -0.2) is 19.6 Å². The van der Waals surface area contributed by atoms with Crippen LogP contribution in [0, 0.1) is 0 Å². The van der Waals surface area contributed by atoms with E-state index >= 15 is 0 Å². The van der Waals surface area contributed by atoms with Gasteiger partial charge >= 0.3 is 0 Å². The summed E-state index contributed by atoms with van der Waals surface area (Å²) in [7, 11) is 1.53. The van der Waals surface area contributed by atoms with E-state index in [0.29, 0.717) is 34.7 Å². The molecule has 0 aliphatic carbocycles. The van der Waals surface area contributed by atoms with Gasteiger partial charge in [-0.2, -0.15) is 0 Å². The molecule has 0 saturated heterocycles.